The van der Waals surface area contributed by atoms with Crippen molar-refractivity contribution in [2.75, 3.05) is 6.61 Å². The quantitative estimate of drug-likeness (QED) is 0.869. The molecule has 0 spiro atoms. The van der Waals surface area contributed by atoms with Gasteiger partial charge in [0.25, 0.3) is 0 Å². The minimum Gasteiger partial charge on any atom is -0.492 e. The summed E-state index contributed by atoms with van der Waals surface area (Å²) in [7, 11) is 0. The van der Waals surface area contributed by atoms with Gasteiger partial charge in [-0.25, -0.2) is 4.98 Å². The van der Waals surface area contributed by atoms with Crippen LogP contribution in [0.2, 0.25) is 0 Å². The fourth-order valence-electron chi connectivity index (χ4n) is 1.32. The summed E-state index contributed by atoms with van der Waals surface area (Å²) in [4.78, 5) is 12.5. The molecule has 0 radical (unpaired) electrons. The minimum absolute atomic E-state index is 0.692. The van der Waals surface area contributed by atoms with Gasteiger partial charge in [-0.15, -0.1) is 0 Å². The Morgan fingerprint density at radius 2 is 2.06 bits per heavy atom. The molecule has 0 fully saturated rings. The topological polar surface area (TPSA) is 47.9 Å². The summed E-state index contributed by atoms with van der Waals surface area (Å²) >= 11 is 3.25. The van der Waals surface area contributed by atoms with Crippen LogP contribution in [0.1, 0.15) is 13.3 Å². The van der Waals surface area contributed by atoms with E-state index >= 15 is 0 Å². The number of nitrogens with zero attached hydrogens (tertiary/aromatic N) is 3. The van der Waals surface area contributed by atoms with Crippen molar-refractivity contribution >= 4 is 15.9 Å². The van der Waals surface area contributed by atoms with Gasteiger partial charge in [-0.3, -0.25) is 9.97 Å². The zero-order valence-corrected chi connectivity index (χ0v) is 11.0. The van der Waals surface area contributed by atoms with Crippen LogP contribution in [-0.2, 0) is 0 Å². The van der Waals surface area contributed by atoms with Gasteiger partial charge in [-0.1, -0.05) is 6.92 Å². The Morgan fingerprint density at radius 3 is 2.76 bits per heavy atom. The summed E-state index contributed by atoms with van der Waals surface area (Å²) in [5.74, 6) is 0.758. The van der Waals surface area contributed by atoms with Crippen molar-refractivity contribution in [3.05, 3.63) is 35.5 Å². The van der Waals surface area contributed by atoms with Crippen LogP contribution >= 0.6 is 15.9 Å². The van der Waals surface area contributed by atoms with Crippen molar-refractivity contribution in [2.45, 2.75) is 13.3 Å². The zero-order chi connectivity index (χ0) is 12.1. The SMILES string of the molecule is CCCOc1cncc(-c2cnc(Br)cn2)c1. The summed E-state index contributed by atoms with van der Waals surface area (Å²) in [6.07, 6.45) is 7.78. The van der Waals surface area contributed by atoms with E-state index in [0.29, 0.717) is 11.2 Å². The molecule has 2 rings (SSSR count). The number of halogens is 1. The van der Waals surface area contributed by atoms with Crippen LogP contribution in [0.25, 0.3) is 11.3 Å². The van der Waals surface area contributed by atoms with E-state index in [-0.39, 0.29) is 0 Å². The maximum atomic E-state index is 5.52. The van der Waals surface area contributed by atoms with Crippen LogP contribution in [0, 0.1) is 0 Å². The second kappa shape index (κ2) is 5.72. The first kappa shape index (κ1) is 12.0. The maximum absolute atomic E-state index is 5.52. The van der Waals surface area contributed by atoms with Gasteiger partial charge in [0.1, 0.15) is 10.4 Å². The molecule has 0 bridgehead atoms. The van der Waals surface area contributed by atoms with E-state index < -0.39 is 0 Å². The highest BCUT2D eigenvalue weighted by atomic mass is 79.9. The average molecular weight is 294 g/mol. The van der Waals surface area contributed by atoms with E-state index in [1.54, 1.807) is 24.8 Å². The van der Waals surface area contributed by atoms with E-state index in [9.17, 15) is 0 Å². The van der Waals surface area contributed by atoms with Gasteiger partial charge in [0.2, 0.25) is 0 Å². The molecule has 0 aliphatic rings. The summed E-state index contributed by atoms with van der Waals surface area (Å²) in [5.41, 5.74) is 1.68. The van der Waals surface area contributed by atoms with Gasteiger partial charge in [0, 0.05) is 11.8 Å². The largest absolute Gasteiger partial charge is 0.492 e. The van der Waals surface area contributed by atoms with E-state index in [1.165, 1.54) is 0 Å². The Kier molecular flexibility index (Phi) is 4.03. The monoisotopic (exact) mass is 293 g/mol. The summed E-state index contributed by atoms with van der Waals surface area (Å²) in [6.45, 7) is 2.76. The lowest BCUT2D eigenvalue weighted by Gasteiger charge is -2.05. The molecular formula is C12H12BrN3O. The first-order chi connectivity index (χ1) is 8.29. The molecule has 2 heterocycles. The van der Waals surface area contributed by atoms with Gasteiger partial charge < -0.3 is 4.74 Å². The highest BCUT2D eigenvalue weighted by molar-refractivity contribution is 9.10. The van der Waals surface area contributed by atoms with Gasteiger partial charge in [0.15, 0.2) is 0 Å². The van der Waals surface area contributed by atoms with Crippen molar-refractivity contribution in [2.24, 2.45) is 0 Å². The first-order valence-corrected chi connectivity index (χ1v) is 6.14. The lowest BCUT2D eigenvalue weighted by molar-refractivity contribution is 0.316. The molecule has 0 unspecified atom stereocenters. The molecule has 0 N–H and O–H groups in total. The molecule has 2 aromatic rings. The second-order valence-electron chi connectivity index (χ2n) is 3.48. The van der Waals surface area contributed by atoms with Crippen LogP contribution in [-0.4, -0.2) is 21.6 Å². The number of pyridine rings is 1. The van der Waals surface area contributed by atoms with Crippen molar-refractivity contribution < 1.29 is 4.74 Å². The predicted molar refractivity (Wildman–Crippen MR) is 68.7 cm³/mol. The number of hydrogen-bond donors (Lipinski definition) is 0. The average Bonchev–Trinajstić information content (AvgIpc) is 2.37. The molecule has 0 atom stereocenters. The van der Waals surface area contributed by atoms with E-state index in [1.807, 2.05) is 6.07 Å². The van der Waals surface area contributed by atoms with Crippen molar-refractivity contribution in [3.63, 3.8) is 0 Å². The summed E-state index contributed by atoms with van der Waals surface area (Å²) in [6, 6.07) is 1.92. The molecule has 0 aliphatic carbocycles. The normalized spacial score (nSPS) is 10.2. The van der Waals surface area contributed by atoms with Crippen molar-refractivity contribution in [1.82, 2.24) is 15.0 Å². The maximum Gasteiger partial charge on any atom is 0.138 e. The molecule has 4 nitrogen and oxygen atoms in total. The van der Waals surface area contributed by atoms with Gasteiger partial charge in [-0.05, 0) is 28.4 Å². The third-order valence-electron chi connectivity index (χ3n) is 2.10. The standard InChI is InChI=1S/C12H12BrN3O/c1-2-3-17-10-4-9(5-14-6-10)11-7-16-12(13)8-15-11/h4-8H,2-3H2,1H3. The first-order valence-electron chi connectivity index (χ1n) is 5.35. The van der Waals surface area contributed by atoms with Crippen LogP contribution in [0.15, 0.2) is 35.5 Å². The molecule has 2 aromatic heterocycles. The highest BCUT2D eigenvalue weighted by Gasteiger charge is 2.02. The second-order valence-corrected chi connectivity index (χ2v) is 4.29. The Bertz CT molecular complexity index is 487. The lowest BCUT2D eigenvalue weighted by Crippen LogP contribution is -1.96. The fourth-order valence-corrected chi connectivity index (χ4v) is 1.52. The number of rotatable bonds is 4. The third-order valence-corrected chi connectivity index (χ3v) is 2.51. The smallest absolute Gasteiger partial charge is 0.138 e. The lowest BCUT2D eigenvalue weighted by atomic mass is 10.2. The number of ether oxygens (including phenoxy) is 1. The zero-order valence-electron chi connectivity index (χ0n) is 9.43. The number of aromatic nitrogens is 3. The van der Waals surface area contributed by atoms with E-state index in [0.717, 1.165) is 23.4 Å². The van der Waals surface area contributed by atoms with E-state index in [2.05, 4.69) is 37.8 Å². The van der Waals surface area contributed by atoms with Crippen molar-refractivity contribution in [1.29, 1.82) is 0 Å². The van der Waals surface area contributed by atoms with Gasteiger partial charge in [0.05, 0.1) is 30.9 Å². The fraction of sp³-hybridized carbons (Fsp3) is 0.250. The molecule has 0 saturated heterocycles. The van der Waals surface area contributed by atoms with Crippen LogP contribution in [0.5, 0.6) is 5.75 Å². The molecule has 88 valence electrons. The molecule has 17 heavy (non-hydrogen) atoms. The highest BCUT2D eigenvalue weighted by Crippen LogP contribution is 2.20. The molecule has 5 heteroatoms. The van der Waals surface area contributed by atoms with Crippen LogP contribution in [0.4, 0.5) is 0 Å². The summed E-state index contributed by atoms with van der Waals surface area (Å²) in [5, 5.41) is 0. The Morgan fingerprint density at radius 1 is 1.18 bits per heavy atom. The number of hydrogen-bond acceptors (Lipinski definition) is 4. The predicted octanol–water partition coefficient (Wildman–Crippen LogP) is 3.09. The summed E-state index contributed by atoms with van der Waals surface area (Å²) < 4.78 is 6.24. The van der Waals surface area contributed by atoms with Gasteiger partial charge >= 0.3 is 0 Å². The molecule has 0 amide bonds. The third kappa shape index (κ3) is 3.23. The Labute approximate surface area is 108 Å². The van der Waals surface area contributed by atoms with Gasteiger partial charge in [-0.2, -0.15) is 0 Å². The van der Waals surface area contributed by atoms with Crippen LogP contribution < -0.4 is 4.74 Å². The molecule has 0 aromatic carbocycles. The van der Waals surface area contributed by atoms with E-state index in [4.69, 9.17) is 4.74 Å². The molecular weight excluding hydrogens is 282 g/mol. The molecule has 0 saturated carbocycles. The Hall–Kier alpha value is -1.49. The molecule has 0 aliphatic heterocycles. The van der Waals surface area contributed by atoms with Crippen LogP contribution in [0.3, 0.4) is 0 Å². The van der Waals surface area contributed by atoms with Crippen molar-refractivity contribution in [3.8, 4) is 17.0 Å². The minimum atomic E-state index is 0.692. The Balaban J connectivity index is 2.23.